The molecule has 2 heterocycles. The van der Waals surface area contributed by atoms with Gasteiger partial charge in [0.2, 0.25) is 0 Å². The van der Waals surface area contributed by atoms with Crippen LogP contribution >= 0.6 is 11.8 Å². The van der Waals surface area contributed by atoms with Crippen LogP contribution in [0.4, 0.5) is 0 Å². The van der Waals surface area contributed by atoms with Crippen molar-refractivity contribution in [2.24, 2.45) is 0 Å². The minimum Gasteiger partial charge on any atom is -0.208 e. The molecule has 2 aliphatic carbocycles. The first-order chi connectivity index (χ1) is 26.8. The Kier molecular flexibility index (Phi) is 7.41. The normalized spacial score (nSPS) is 17.2. The predicted molar refractivity (Wildman–Crippen MR) is 221 cm³/mol. The molecular weight excluding hydrogens is 675 g/mol. The fraction of sp³-hybridized carbons (Fsp3) is 0.140. The highest BCUT2D eigenvalue weighted by Crippen LogP contribution is 2.64. The maximum atomic E-state index is 5.37. The maximum absolute atomic E-state index is 5.37. The van der Waals surface area contributed by atoms with E-state index in [-0.39, 0.29) is 0 Å². The quantitative estimate of drug-likeness (QED) is 0.182. The van der Waals surface area contributed by atoms with E-state index in [4.69, 9.17) is 15.0 Å². The Balaban J connectivity index is 1.20. The highest BCUT2D eigenvalue weighted by atomic mass is 32.2. The van der Waals surface area contributed by atoms with E-state index in [1.54, 1.807) is 0 Å². The van der Waals surface area contributed by atoms with Gasteiger partial charge in [-0.05, 0) is 74.5 Å². The van der Waals surface area contributed by atoms with Crippen molar-refractivity contribution in [3.8, 4) is 45.3 Å². The number of nitrogens with zero attached hydrogens (tertiary/aromatic N) is 3. The van der Waals surface area contributed by atoms with E-state index < -0.39 is 5.41 Å². The van der Waals surface area contributed by atoms with Gasteiger partial charge in [-0.2, -0.15) is 0 Å². The topological polar surface area (TPSA) is 38.7 Å². The largest absolute Gasteiger partial charge is 0.208 e. The van der Waals surface area contributed by atoms with E-state index >= 15 is 0 Å². The van der Waals surface area contributed by atoms with Crippen molar-refractivity contribution < 1.29 is 0 Å². The van der Waals surface area contributed by atoms with Gasteiger partial charge in [0.1, 0.15) is 0 Å². The summed E-state index contributed by atoms with van der Waals surface area (Å²) in [5, 5.41) is 2.29. The fourth-order valence-corrected chi connectivity index (χ4v) is 11.0. The summed E-state index contributed by atoms with van der Waals surface area (Å²) >= 11 is 1.98. The minimum atomic E-state index is -0.475. The first-order valence-corrected chi connectivity index (χ1v) is 20.0. The lowest BCUT2D eigenvalue weighted by molar-refractivity contribution is 0.438. The molecule has 8 aromatic rings. The molecule has 4 heteroatoms. The van der Waals surface area contributed by atoms with Crippen LogP contribution in [-0.2, 0) is 5.41 Å². The summed E-state index contributed by atoms with van der Waals surface area (Å²) in [5.41, 5.74) is 11.9. The zero-order chi connectivity index (χ0) is 35.6. The number of rotatable bonds is 4. The minimum absolute atomic E-state index is 0.475. The van der Waals surface area contributed by atoms with Gasteiger partial charge >= 0.3 is 0 Å². The van der Waals surface area contributed by atoms with Crippen molar-refractivity contribution in [1.82, 2.24) is 15.0 Å². The SMILES string of the molecule is c1ccc(-c2nc(-c3cccc4c3-c3ccccc3C43c4ccccc4Sc4c(C5CCCCC5)cccc43)nc(-c3cccc4ccccc34)n2)cc1. The molecule has 0 bridgehead atoms. The maximum Gasteiger partial charge on any atom is 0.164 e. The molecule has 3 aliphatic rings. The Morgan fingerprint density at radius 1 is 0.463 bits per heavy atom. The standard InChI is InChI=1S/C50H37N3S/c1-3-16-33(17-4-1)36-24-14-30-43-46(36)54-44-31-12-11-28-41(44)50(43)40-27-10-9-23-38(40)45-39(26-15-29-42(45)50)49-52-47(34-19-5-2-6-20-34)51-48(53-49)37-25-13-21-32-18-7-8-22-35(32)37/h2,5-15,18-31,33H,1,3-4,16-17H2. The Bertz CT molecular complexity index is 2740. The average molecular weight is 712 g/mol. The van der Waals surface area contributed by atoms with Gasteiger partial charge in [-0.25, -0.2) is 15.0 Å². The molecule has 0 radical (unpaired) electrons. The third-order valence-corrected chi connectivity index (χ3v) is 13.2. The predicted octanol–water partition coefficient (Wildman–Crippen LogP) is 12.9. The molecule has 1 aromatic heterocycles. The fourth-order valence-electron chi connectivity index (χ4n) is 9.67. The van der Waals surface area contributed by atoms with Gasteiger partial charge in [-0.3, -0.25) is 0 Å². The molecule has 1 aliphatic heterocycles. The molecule has 1 unspecified atom stereocenters. The van der Waals surface area contributed by atoms with Gasteiger partial charge in [-0.1, -0.05) is 183 Å². The first-order valence-electron chi connectivity index (χ1n) is 19.2. The molecule has 1 fully saturated rings. The number of aromatic nitrogens is 3. The third kappa shape index (κ3) is 4.72. The smallest absolute Gasteiger partial charge is 0.164 e. The van der Waals surface area contributed by atoms with E-state index in [0.717, 1.165) is 27.5 Å². The summed E-state index contributed by atoms with van der Waals surface area (Å²) in [7, 11) is 0. The molecule has 54 heavy (non-hydrogen) atoms. The highest BCUT2D eigenvalue weighted by Gasteiger charge is 2.51. The Morgan fingerprint density at radius 2 is 1.07 bits per heavy atom. The molecule has 1 atom stereocenters. The molecule has 1 saturated carbocycles. The van der Waals surface area contributed by atoms with E-state index in [9.17, 15) is 0 Å². The summed E-state index contributed by atoms with van der Waals surface area (Å²) in [5.74, 6) is 2.63. The highest BCUT2D eigenvalue weighted by molar-refractivity contribution is 7.99. The Labute approximate surface area is 320 Å². The van der Waals surface area contributed by atoms with Gasteiger partial charge < -0.3 is 0 Å². The van der Waals surface area contributed by atoms with E-state index in [2.05, 4.69) is 140 Å². The van der Waals surface area contributed by atoms with Crippen molar-refractivity contribution >= 4 is 22.5 Å². The van der Waals surface area contributed by atoms with Gasteiger partial charge in [0.25, 0.3) is 0 Å². The molecule has 0 N–H and O–H groups in total. The summed E-state index contributed by atoms with van der Waals surface area (Å²) in [6.45, 7) is 0. The molecule has 1 spiro atoms. The van der Waals surface area contributed by atoms with Crippen LogP contribution in [0.2, 0.25) is 0 Å². The van der Waals surface area contributed by atoms with Crippen molar-refractivity contribution in [3.05, 3.63) is 186 Å². The average Bonchev–Trinajstić information content (AvgIpc) is 3.54. The summed E-state index contributed by atoms with van der Waals surface area (Å²) in [4.78, 5) is 18.6. The van der Waals surface area contributed by atoms with Crippen molar-refractivity contribution in [2.45, 2.75) is 53.2 Å². The van der Waals surface area contributed by atoms with Crippen LogP contribution in [0.5, 0.6) is 0 Å². The zero-order valence-electron chi connectivity index (χ0n) is 29.9. The molecule has 11 rings (SSSR count). The first kappa shape index (κ1) is 31.7. The lowest BCUT2D eigenvalue weighted by atomic mass is 9.66. The second-order valence-corrected chi connectivity index (χ2v) is 15.9. The van der Waals surface area contributed by atoms with Gasteiger partial charge in [0.15, 0.2) is 17.5 Å². The zero-order valence-corrected chi connectivity index (χ0v) is 30.7. The van der Waals surface area contributed by atoms with E-state index in [1.165, 1.54) is 80.8 Å². The van der Waals surface area contributed by atoms with Crippen molar-refractivity contribution in [3.63, 3.8) is 0 Å². The second-order valence-electron chi connectivity index (χ2n) is 14.9. The van der Waals surface area contributed by atoms with Crippen LogP contribution in [0.15, 0.2) is 168 Å². The monoisotopic (exact) mass is 711 g/mol. The third-order valence-electron chi connectivity index (χ3n) is 12.0. The number of fused-ring (bicyclic) bond motifs is 10. The number of benzene rings is 7. The van der Waals surface area contributed by atoms with E-state index in [1.807, 2.05) is 30.0 Å². The lowest BCUT2D eigenvalue weighted by Crippen LogP contribution is -2.32. The molecule has 0 saturated heterocycles. The molecule has 7 aromatic carbocycles. The molecular formula is C50H37N3S. The van der Waals surface area contributed by atoms with Gasteiger partial charge in [0.05, 0.1) is 5.41 Å². The molecule has 3 nitrogen and oxygen atoms in total. The van der Waals surface area contributed by atoms with Crippen LogP contribution in [0, 0.1) is 0 Å². The van der Waals surface area contributed by atoms with Crippen molar-refractivity contribution in [1.29, 1.82) is 0 Å². The summed E-state index contributed by atoms with van der Waals surface area (Å²) in [6.07, 6.45) is 6.51. The lowest BCUT2D eigenvalue weighted by Gasteiger charge is -2.41. The van der Waals surface area contributed by atoms with E-state index in [0.29, 0.717) is 23.4 Å². The van der Waals surface area contributed by atoms with Gasteiger partial charge in [0, 0.05) is 26.5 Å². The van der Waals surface area contributed by atoms with Crippen LogP contribution in [0.1, 0.15) is 65.8 Å². The van der Waals surface area contributed by atoms with Crippen molar-refractivity contribution in [2.75, 3.05) is 0 Å². The van der Waals surface area contributed by atoms with Crippen LogP contribution in [0.3, 0.4) is 0 Å². The molecule has 0 amide bonds. The number of hydrogen-bond donors (Lipinski definition) is 0. The Morgan fingerprint density at radius 3 is 1.96 bits per heavy atom. The van der Waals surface area contributed by atoms with Gasteiger partial charge in [-0.15, -0.1) is 0 Å². The summed E-state index contributed by atoms with van der Waals surface area (Å²) < 4.78 is 0. The van der Waals surface area contributed by atoms with Crippen LogP contribution in [-0.4, -0.2) is 15.0 Å². The van der Waals surface area contributed by atoms with Crippen LogP contribution < -0.4 is 0 Å². The Hall–Kier alpha value is -5.84. The molecule has 258 valence electrons. The summed E-state index contributed by atoms with van der Waals surface area (Å²) in [6, 6.07) is 57.4. The van der Waals surface area contributed by atoms with Crippen LogP contribution in [0.25, 0.3) is 56.1 Å². The number of hydrogen-bond acceptors (Lipinski definition) is 4. The second kappa shape index (κ2) is 12.6.